The van der Waals surface area contributed by atoms with E-state index in [0.29, 0.717) is 6.42 Å². The Morgan fingerprint density at radius 3 is 1.74 bits per heavy atom. The Morgan fingerprint density at radius 1 is 0.706 bits per heavy atom. The Kier molecular flexibility index (Phi) is 9.64. The minimum atomic E-state index is -0.944. The van der Waals surface area contributed by atoms with Gasteiger partial charge in [-0.05, 0) is 22.3 Å². The Balaban J connectivity index is 1.63. The molecule has 0 aromatic heterocycles. The number of hydrogen-bond acceptors (Lipinski definition) is 6. The van der Waals surface area contributed by atoms with Crippen LogP contribution in [0.3, 0.4) is 0 Å². The summed E-state index contributed by atoms with van der Waals surface area (Å²) in [5, 5.41) is 21.2. The summed E-state index contributed by atoms with van der Waals surface area (Å²) in [6.07, 6.45) is -1.01. The predicted octanol–water partition coefficient (Wildman–Crippen LogP) is 3.16. The van der Waals surface area contributed by atoms with Gasteiger partial charge in [0.05, 0.1) is 12.7 Å². The highest BCUT2D eigenvalue weighted by molar-refractivity contribution is 5.81. The van der Waals surface area contributed by atoms with Gasteiger partial charge in [0.15, 0.2) is 0 Å². The number of aliphatic hydroxyl groups is 2. The molecule has 2 atom stereocenters. The average molecular weight is 464 g/mol. The molecule has 0 unspecified atom stereocenters. The van der Waals surface area contributed by atoms with E-state index in [1.807, 2.05) is 84.9 Å². The summed E-state index contributed by atoms with van der Waals surface area (Å²) in [7, 11) is 0. The first-order valence-corrected chi connectivity index (χ1v) is 11.1. The lowest BCUT2D eigenvalue weighted by Gasteiger charge is -2.18. The molecule has 0 aliphatic heterocycles. The summed E-state index contributed by atoms with van der Waals surface area (Å²) >= 11 is 0. The lowest BCUT2D eigenvalue weighted by molar-refractivity contribution is -0.147. The summed E-state index contributed by atoms with van der Waals surface area (Å²) in [5.74, 6) is -0.569. The number of alkyl carbamates (subject to hydrolysis) is 1. The van der Waals surface area contributed by atoms with Crippen LogP contribution in [0.5, 0.6) is 0 Å². The molecule has 0 spiro atoms. The SMILES string of the molecule is O=C(N[C@@H](Cc1ccc(C[C@H](O)CO)cc1)C(=O)OCc1ccccc1)OCc1ccccc1. The summed E-state index contributed by atoms with van der Waals surface area (Å²) in [6, 6.07) is 24.9. The van der Waals surface area contributed by atoms with Crippen molar-refractivity contribution in [3.8, 4) is 0 Å². The minimum Gasteiger partial charge on any atom is -0.459 e. The van der Waals surface area contributed by atoms with Gasteiger partial charge >= 0.3 is 12.1 Å². The summed E-state index contributed by atoms with van der Waals surface area (Å²) in [4.78, 5) is 25.2. The lowest BCUT2D eigenvalue weighted by Crippen LogP contribution is -2.43. The molecule has 0 aliphatic carbocycles. The maximum atomic E-state index is 12.8. The second-order valence-electron chi connectivity index (χ2n) is 7.91. The second kappa shape index (κ2) is 13.1. The van der Waals surface area contributed by atoms with Crippen LogP contribution in [-0.4, -0.2) is 41.0 Å². The van der Waals surface area contributed by atoms with Crippen molar-refractivity contribution < 1.29 is 29.3 Å². The molecule has 178 valence electrons. The number of amides is 1. The van der Waals surface area contributed by atoms with E-state index in [1.54, 1.807) is 0 Å². The zero-order valence-corrected chi connectivity index (χ0v) is 18.8. The van der Waals surface area contributed by atoms with Gasteiger partial charge in [0.2, 0.25) is 0 Å². The number of esters is 1. The monoisotopic (exact) mass is 463 g/mol. The normalized spacial score (nSPS) is 12.4. The van der Waals surface area contributed by atoms with Crippen LogP contribution in [0.1, 0.15) is 22.3 Å². The second-order valence-corrected chi connectivity index (χ2v) is 7.91. The maximum absolute atomic E-state index is 12.8. The molecule has 0 aliphatic rings. The van der Waals surface area contributed by atoms with E-state index in [0.717, 1.165) is 22.3 Å². The molecule has 34 heavy (non-hydrogen) atoms. The average Bonchev–Trinajstić information content (AvgIpc) is 2.88. The first-order valence-electron chi connectivity index (χ1n) is 11.1. The Morgan fingerprint density at radius 2 is 1.21 bits per heavy atom. The Bertz CT molecular complexity index is 1020. The lowest BCUT2D eigenvalue weighted by atomic mass is 10.0. The maximum Gasteiger partial charge on any atom is 0.408 e. The quantitative estimate of drug-likeness (QED) is 0.377. The van der Waals surface area contributed by atoms with Crippen LogP contribution in [0.4, 0.5) is 4.79 Å². The van der Waals surface area contributed by atoms with Crippen LogP contribution in [0.2, 0.25) is 0 Å². The van der Waals surface area contributed by atoms with Crippen molar-refractivity contribution in [2.24, 2.45) is 0 Å². The van der Waals surface area contributed by atoms with Crippen LogP contribution >= 0.6 is 0 Å². The van der Waals surface area contributed by atoms with Gasteiger partial charge < -0.3 is 25.0 Å². The number of aliphatic hydroxyl groups excluding tert-OH is 2. The van der Waals surface area contributed by atoms with Crippen LogP contribution in [0, 0.1) is 0 Å². The number of carbonyl (C=O) groups excluding carboxylic acids is 2. The molecule has 3 rings (SSSR count). The Labute approximate surface area is 199 Å². The molecule has 0 saturated carbocycles. The number of carbonyl (C=O) groups is 2. The van der Waals surface area contributed by atoms with Gasteiger partial charge in [0, 0.05) is 12.8 Å². The van der Waals surface area contributed by atoms with Crippen molar-refractivity contribution >= 4 is 12.1 Å². The summed E-state index contributed by atoms with van der Waals surface area (Å²) in [6.45, 7) is -0.138. The molecule has 0 fully saturated rings. The molecule has 0 heterocycles. The van der Waals surface area contributed by atoms with Gasteiger partial charge in [0.25, 0.3) is 0 Å². The largest absolute Gasteiger partial charge is 0.459 e. The van der Waals surface area contributed by atoms with Crippen molar-refractivity contribution in [3.05, 3.63) is 107 Å². The van der Waals surface area contributed by atoms with E-state index in [4.69, 9.17) is 14.6 Å². The molecule has 3 aromatic carbocycles. The molecule has 0 saturated heterocycles. The van der Waals surface area contributed by atoms with E-state index < -0.39 is 24.2 Å². The fourth-order valence-corrected chi connectivity index (χ4v) is 3.31. The van der Waals surface area contributed by atoms with Crippen LogP contribution in [0.25, 0.3) is 0 Å². The molecule has 0 bridgehead atoms. The van der Waals surface area contributed by atoms with Gasteiger partial charge in [-0.15, -0.1) is 0 Å². The molecule has 3 N–H and O–H groups in total. The molecule has 7 nitrogen and oxygen atoms in total. The topological polar surface area (TPSA) is 105 Å². The van der Waals surface area contributed by atoms with E-state index in [1.165, 1.54) is 0 Å². The van der Waals surface area contributed by atoms with Gasteiger partial charge in [0.1, 0.15) is 19.3 Å². The van der Waals surface area contributed by atoms with Gasteiger partial charge in [-0.2, -0.15) is 0 Å². The van der Waals surface area contributed by atoms with Crippen molar-refractivity contribution in [2.75, 3.05) is 6.61 Å². The highest BCUT2D eigenvalue weighted by Crippen LogP contribution is 2.12. The zero-order chi connectivity index (χ0) is 24.2. The fourth-order valence-electron chi connectivity index (χ4n) is 3.31. The van der Waals surface area contributed by atoms with Gasteiger partial charge in [-0.25, -0.2) is 9.59 Å². The molecule has 7 heteroatoms. The number of nitrogens with one attached hydrogen (secondary N) is 1. The van der Waals surface area contributed by atoms with Crippen molar-refractivity contribution in [1.82, 2.24) is 5.32 Å². The molecule has 3 aromatic rings. The third kappa shape index (κ3) is 8.35. The van der Waals surface area contributed by atoms with E-state index >= 15 is 0 Å². The van der Waals surface area contributed by atoms with Crippen LogP contribution in [0.15, 0.2) is 84.9 Å². The van der Waals surface area contributed by atoms with Crippen molar-refractivity contribution in [1.29, 1.82) is 0 Å². The minimum absolute atomic E-state index is 0.0837. The first-order chi connectivity index (χ1) is 16.5. The third-order valence-electron chi connectivity index (χ3n) is 5.16. The molecule has 1 amide bonds. The summed E-state index contributed by atoms with van der Waals surface area (Å²) in [5.41, 5.74) is 3.32. The van der Waals surface area contributed by atoms with Crippen molar-refractivity contribution in [3.63, 3.8) is 0 Å². The Hall–Kier alpha value is -3.68. The highest BCUT2D eigenvalue weighted by Gasteiger charge is 2.24. The molecular weight excluding hydrogens is 434 g/mol. The number of hydrogen-bond donors (Lipinski definition) is 3. The number of ether oxygens (including phenoxy) is 2. The van der Waals surface area contributed by atoms with Gasteiger partial charge in [-0.3, -0.25) is 0 Å². The number of rotatable bonds is 11. The predicted molar refractivity (Wildman–Crippen MR) is 127 cm³/mol. The molecule has 0 radical (unpaired) electrons. The number of benzene rings is 3. The standard InChI is InChI=1S/C27H29NO6/c29-17-24(30)15-20-11-13-21(14-12-20)16-25(26(31)33-18-22-7-3-1-4-8-22)28-27(32)34-19-23-9-5-2-6-10-23/h1-14,24-25,29-30H,15-19H2,(H,28,32)/t24-,25-/m0/s1. The van der Waals surface area contributed by atoms with E-state index in [-0.39, 0.29) is 26.2 Å². The van der Waals surface area contributed by atoms with Crippen LogP contribution < -0.4 is 5.32 Å². The first kappa shape index (κ1) is 25.0. The summed E-state index contributed by atoms with van der Waals surface area (Å²) < 4.78 is 10.7. The van der Waals surface area contributed by atoms with Gasteiger partial charge in [-0.1, -0.05) is 84.9 Å². The van der Waals surface area contributed by atoms with Crippen LogP contribution in [-0.2, 0) is 40.3 Å². The zero-order valence-electron chi connectivity index (χ0n) is 18.8. The van der Waals surface area contributed by atoms with E-state index in [2.05, 4.69) is 5.32 Å². The fraction of sp³-hybridized carbons (Fsp3) is 0.259. The van der Waals surface area contributed by atoms with E-state index in [9.17, 15) is 14.7 Å². The third-order valence-corrected chi connectivity index (χ3v) is 5.16. The molecular formula is C27H29NO6. The highest BCUT2D eigenvalue weighted by atomic mass is 16.6. The smallest absolute Gasteiger partial charge is 0.408 e. The van der Waals surface area contributed by atoms with Crippen molar-refractivity contribution in [2.45, 2.75) is 38.2 Å².